The van der Waals surface area contributed by atoms with E-state index in [-0.39, 0.29) is 30.1 Å². The Morgan fingerprint density at radius 2 is 2.13 bits per heavy atom. The molecule has 2 aliphatic rings. The van der Waals surface area contributed by atoms with Crippen molar-refractivity contribution in [1.29, 1.82) is 0 Å². The first-order chi connectivity index (χ1) is 11.0. The number of carbonyl (C=O) groups excluding carboxylic acids is 3. The molecule has 2 unspecified atom stereocenters. The van der Waals surface area contributed by atoms with Gasteiger partial charge in [0.15, 0.2) is 0 Å². The van der Waals surface area contributed by atoms with Crippen LogP contribution in [-0.2, 0) is 19.1 Å². The SMILES string of the molecule is CC(C)COC(=O)CC1C(=O)NCCN1C(=O)C1CCCNC1. The third-order valence-corrected chi connectivity index (χ3v) is 4.20. The maximum Gasteiger partial charge on any atom is 0.308 e. The summed E-state index contributed by atoms with van der Waals surface area (Å²) in [6.45, 7) is 6.68. The highest BCUT2D eigenvalue weighted by Crippen LogP contribution is 2.18. The summed E-state index contributed by atoms with van der Waals surface area (Å²) in [6, 6.07) is -0.752. The zero-order valence-electron chi connectivity index (χ0n) is 14.0. The second-order valence-corrected chi connectivity index (χ2v) is 6.66. The fourth-order valence-corrected chi connectivity index (χ4v) is 2.95. The monoisotopic (exact) mass is 325 g/mol. The van der Waals surface area contributed by atoms with Gasteiger partial charge < -0.3 is 20.3 Å². The van der Waals surface area contributed by atoms with Crippen molar-refractivity contribution in [2.75, 3.05) is 32.8 Å². The van der Waals surface area contributed by atoms with Crippen molar-refractivity contribution < 1.29 is 19.1 Å². The van der Waals surface area contributed by atoms with Gasteiger partial charge in [-0.05, 0) is 25.3 Å². The first-order valence-corrected chi connectivity index (χ1v) is 8.43. The van der Waals surface area contributed by atoms with Gasteiger partial charge in [0.2, 0.25) is 11.8 Å². The largest absolute Gasteiger partial charge is 0.465 e. The number of amides is 2. The van der Waals surface area contributed by atoms with E-state index in [1.54, 1.807) is 4.90 Å². The second-order valence-electron chi connectivity index (χ2n) is 6.66. The molecule has 2 aliphatic heterocycles. The molecule has 0 radical (unpaired) electrons. The molecule has 2 N–H and O–H groups in total. The van der Waals surface area contributed by atoms with Gasteiger partial charge in [0.25, 0.3) is 0 Å². The predicted octanol–water partition coefficient (Wildman–Crippen LogP) is -0.0977. The van der Waals surface area contributed by atoms with Crippen molar-refractivity contribution in [2.45, 2.75) is 39.2 Å². The van der Waals surface area contributed by atoms with E-state index in [4.69, 9.17) is 4.74 Å². The predicted molar refractivity (Wildman–Crippen MR) is 84.5 cm³/mol. The molecule has 2 amide bonds. The Kier molecular flexibility index (Phi) is 6.38. The first kappa shape index (κ1) is 17.7. The summed E-state index contributed by atoms with van der Waals surface area (Å²) in [5.41, 5.74) is 0. The lowest BCUT2D eigenvalue weighted by Gasteiger charge is -2.37. The summed E-state index contributed by atoms with van der Waals surface area (Å²) < 4.78 is 5.16. The number of nitrogens with zero attached hydrogens (tertiary/aromatic N) is 1. The van der Waals surface area contributed by atoms with Crippen LogP contribution in [0.2, 0.25) is 0 Å². The van der Waals surface area contributed by atoms with E-state index in [2.05, 4.69) is 10.6 Å². The molecule has 7 nitrogen and oxygen atoms in total. The lowest BCUT2D eigenvalue weighted by atomic mass is 9.96. The Bertz CT molecular complexity index is 447. The standard InChI is InChI=1S/C16H27N3O4/c1-11(2)10-23-14(20)8-13-15(21)18-6-7-19(13)16(22)12-4-3-5-17-9-12/h11-13,17H,3-10H2,1-2H3,(H,18,21). The second kappa shape index (κ2) is 8.29. The fraction of sp³-hybridized carbons (Fsp3) is 0.812. The average molecular weight is 325 g/mol. The van der Waals surface area contributed by atoms with E-state index in [0.29, 0.717) is 26.2 Å². The third-order valence-electron chi connectivity index (χ3n) is 4.20. The number of piperidine rings is 1. The summed E-state index contributed by atoms with van der Waals surface area (Å²) in [7, 11) is 0. The Morgan fingerprint density at radius 1 is 1.35 bits per heavy atom. The van der Waals surface area contributed by atoms with Crippen LogP contribution >= 0.6 is 0 Å². The fourth-order valence-electron chi connectivity index (χ4n) is 2.95. The smallest absolute Gasteiger partial charge is 0.308 e. The van der Waals surface area contributed by atoms with E-state index < -0.39 is 12.0 Å². The van der Waals surface area contributed by atoms with Crippen LogP contribution in [0.15, 0.2) is 0 Å². The van der Waals surface area contributed by atoms with Gasteiger partial charge in [-0.1, -0.05) is 13.8 Å². The normalized spacial score (nSPS) is 25.2. The molecule has 130 valence electrons. The van der Waals surface area contributed by atoms with E-state index in [1.807, 2.05) is 13.8 Å². The lowest BCUT2D eigenvalue weighted by Crippen LogP contribution is -2.59. The van der Waals surface area contributed by atoms with Gasteiger partial charge in [0, 0.05) is 19.6 Å². The summed E-state index contributed by atoms with van der Waals surface area (Å²) >= 11 is 0. The van der Waals surface area contributed by atoms with Gasteiger partial charge in [0.1, 0.15) is 6.04 Å². The van der Waals surface area contributed by atoms with Crippen LogP contribution in [0, 0.1) is 11.8 Å². The lowest BCUT2D eigenvalue weighted by molar-refractivity contribution is -0.154. The first-order valence-electron chi connectivity index (χ1n) is 8.43. The highest BCUT2D eigenvalue weighted by molar-refractivity contribution is 5.92. The van der Waals surface area contributed by atoms with Gasteiger partial charge in [-0.15, -0.1) is 0 Å². The maximum atomic E-state index is 12.7. The molecule has 2 rings (SSSR count). The van der Waals surface area contributed by atoms with Crippen LogP contribution in [-0.4, -0.2) is 61.5 Å². The van der Waals surface area contributed by atoms with Crippen molar-refractivity contribution >= 4 is 17.8 Å². The van der Waals surface area contributed by atoms with Crippen molar-refractivity contribution in [2.24, 2.45) is 11.8 Å². The highest BCUT2D eigenvalue weighted by atomic mass is 16.5. The van der Waals surface area contributed by atoms with Gasteiger partial charge in [-0.2, -0.15) is 0 Å². The van der Waals surface area contributed by atoms with E-state index >= 15 is 0 Å². The van der Waals surface area contributed by atoms with Crippen molar-refractivity contribution in [3.63, 3.8) is 0 Å². The number of rotatable bonds is 5. The summed E-state index contributed by atoms with van der Waals surface area (Å²) in [5, 5.41) is 5.95. The molecule has 2 fully saturated rings. The maximum absolute atomic E-state index is 12.7. The summed E-state index contributed by atoms with van der Waals surface area (Å²) in [4.78, 5) is 38.4. The van der Waals surface area contributed by atoms with Gasteiger partial charge in [-0.25, -0.2) is 0 Å². The average Bonchev–Trinajstić information content (AvgIpc) is 2.55. The van der Waals surface area contributed by atoms with E-state index in [0.717, 1.165) is 19.4 Å². The van der Waals surface area contributed by atoms with Gasteiger partial charge >= 0.3 is 5.97 Å². The molecule has 0 aromatic carbocycles. The van der Waals surface area contributed by atoms with E-state index in [9.17, 15) is 14.4 Å². The van der Waals surface area contributed by atoms with E-state index in [1.165, 1.54) is 0 Å². The Labute approximate surface area is 137 Å². The minimum absolute atomic E-state index is 0.0336. The number of esters is 1. The van der Waals surface area contributed by atoms with Gasteiger partial charge in [0.05, 0.1) is 18.9 Å². The zero-order valence-corrected chi connectivity index (χ0v) is 14.0. The molecule has 23 heavy (non-hydrogen) atoms. The van der Waals surface area contributed by atoms with Crippen LogP contribution in [0.1, 0.15) is 33.1 Å². The van der Waals surface area contributed by atoms with Crippen molar-refractivity contribution in [3.05, 3.63) is 0 Å². The highest BCUT2D eigenvalue weighted by Gasteiger charge is 2.38. The molecule has 2 heterocycles. The number of hydrogen-bond acceptors (Lipinski definition) is 5. The third kappa shape index (κ3) is 4.92. The molecule has 0 bridgehead atoms. The minimum Gasteiger partial charge on any atom is -0.465 e. The van der Waals surface area contributed by atoms with Crippen LogP contribution in [0.3, 0.4) is 0 Å². The Hall–Kier alpha value is -1.63. The molecular weight excluding hydrogens is 298 g/mol. The molecule has 2 atom stereocenters. The topological polar surface area (TPSA) is 87.7 Å². The van der Waals surface area contributed by atoms with Crippen LogP contribution in [0.4, 0.5) is 0 Å². The number of piperazine rings is 1. The molecule has 0 saturated carbocycles. The number of nitrogens with one attached hydrogen (secondary N) is 2. The van der Waals surface area contributed by atoms with Gasteiger partial charge in [-0.3, -0.25) is 14.4 Å². The summed E-state index contributed by atoms with van der Waals surface area (Å²) in [6.07, 6.45) is 1.70. The van der Waals surface area contributed by atoms with Crippen LogP contribution in [0.5, 0.6) is 0 Å². The Morgan fingerprint density at radius 3 is 2.78 bits per heavy atom. The molecular formula is C16H27N3O4. The van der Waals surface area contributed by atoms with Crippen LogP contribution < -0.4 is 10.6 Å². The quantitative estimate of drug-likeness (QED) is 0.689. The van der Waals surface area contributed by atoms with Crippen LogP contribution in [0.25, 0.3) is 0 Å². The number of ether oxygens (including phenoxy) is 1. The number of carbonyl (C=O) groups is 3. The summed E-state index contributed by atoms with van der Waals surface area (Å²) in [5.74, 6) is -0.599. The molecule has 0 aromatic heterocycles. The molecule has 0 spiro atoms. The molecule has 7 heteroatoms. The molecule has 0 aromatic rings. The van der Waals surface area contributed by atoms with Crippen molar-refractivity contribution in [1.82, 2.24) is 15.5 Å². The molecule has 2 saturated heterocycles. The Balaban J connectivity index is 1.99. The molecule has 0 aliphatic carbocycles. The number of hydrogen-bond donors (Lipinski definition) is 2. The minimum atomic E-state index is -0.752. The zero-order chi connectivity index (χ0) is 16.8. The van der Waals surface area contributed by atoms with Crippen molar-refractivity contribution in [3.8, 4) is 0 Å².